The fourth-order valence-corrected chi connectivity index (χ4v) is 4.46. The molecule has 1 aliphatic rings. The van der Waals surface area contributed by atoms with E-state index in [2.05, 4.69) is 26.1 Å². The number of carbonyl (C=O) groups excluding carboxylic acids is 1. The molecule has 168 valence electrons. The first kappa shape index (κ1) is 22.8. The molecular weight excluding hydrogens is 494 g/mol. The lowest BCUT2D eigenvalue weighted by Gasteiger charge is -2.26. The van der Waals surface area contributed by atoms with Gasteiger partial charge in [-0.15, -0.1) is 0 Å². The number of phenolic OH excluding ortho intramolecular Hbond substituents is 1. The number of aryl methyl sites for hydroxylation is 1. The molecule has 6 nitrogen and oxygen atoms in total. The maximum Gasteiger partial charge on any atom is 0.273 e. The second-order valence-corrected chi connectivity index (χ2v) is 9.53. The maximum absolute atomic E-state index is 13.3. The molecule has 3 aromatic rings. The predicted molar refractivity (Wildman–Crippen MR) is 128 cm³/mol. The van der Waals surface area contributed by atoms with Crippen LogP contribution in [0.4, 0.5) is 0 Å². The number of nitrogens with one attached hydrogen (secondary N) is 1. The first-order valence-electron chi connectivity index (χ1n) is 10.5. The Bertz CT molecular complexity index is 1140. The van der Waals surface area contributed by atoms with E-state index in [1.165, 1.54) is 0 Å². The van der Waals surface area contributed by atoms with Crippen LogP contribution in [0.2, 0.25) is 5.02 Å². The second kappa shape index (κ2) is 9.25. The van der Waals surface area contributed by atoms with Crippen molar-refractivity contribution in [2.24, 2.45) is 0 Å². The molecule has 1 unspecified atom stereocenters. The summed E-state index contributed by atoms with van der Waals surface area (Å²) in [5.74, 6) is -0.0408. The van der Waals surface area contributed by atoms with E-state index in [0.717, 1.165) is 21.2 Å². The fraction of sp³-hybridized carbons (Fsp3) is 0.333. The smallest absolute Gasteiger partial charge is 0.273 e. The van der Waals surface area contributed by atoms with Crippen LogP contribution < -0.4 is 0 Å². The van der Waals surface area contributed by atoms with Crippen molar-refractivity contribution in [1.29, 1.82) is 0 Å². The number of aromatic nitrogens is 2. The number of carbonyl (C=O) groups is 1. The summed E-state index contributed by atoms with van der Waals surface area (Å²) in [5.41, 5.74) is 3.95. The van der Waals surface area contributed by atoms with Gasteiger partial charge in [0.2, 0.25) is 0 Å². The summed E-state index contributed by atoms with van der Waals surface area (Å²) in [4.78, 5) is 15.2. The van der Waals surface area contributed by atoms with Gasteiger partial charge in [-0.1, -0.05) is 39.7 Å². The van der Waals surface area contributed by atoms with Gasteiger partial charge in [-0.05, 0) is 62.6 Å². The number of benzene rings is 2. The Morgan fingerprint density at radius 1 is 1.28 bits per heavy atom. The average molecular weight is 519 g/mol. The maximum atomic E-state index is 13.3. The molecule has 8 heteroatoms. The Hall–Kier alpha value is -2.35. The number of fused-ring (bicyclic) bond motifs is 1. The van der Waals surface area contributed by atoms with Gasteiger partial charge in [0.05, 0.1) is 12.1 Å². The number of H-pyrrole nitrogens is 1. The van der Waals surface area contributed by atoms with Crippen LogP contribution in [0.25, 0.3) is 11.3 Å². The number of amides is 1. The molecule has 32 heavy (non-hydrogen) atoms. The number of ether oxygens (including phenoxy) is 1. The van der Waals surface area contributed by atoms with Gasteiger partial charge < -0.3 is 14.7 Å². The van der Waals surface area contributed by atoms with Crippen LogP contribution >= 0.6 is 27.5 Å². The summed E-state index contributed by atoms with van der Waals surface area (Å²) in [6, 6.07) is 10.9. The molecule has 2 aromatic carbocycles. The molecule has 2 N–H and O–H groups in total. The lowest BCUT2D eigenvalue weighted by Crippen LogP contribution is -2.31. The normalized spacial score (nSPS) is 15.6. The third-order valence-electron chi connectivity index (χ3n) is 5.58. The highest BCUT2D eigenvalue weighted by atomic mass is 79.9. The van der Waals surface area contributed by atoms with Gasteiger partial charge in [-0.2, -0.15) is 5.10 Å². The first-order chi connectivity index (χ1) is 15.3. The van der Waals surface area contributed by atoms with Gasteiger partial charge in [0.25, 0.3) is 5.91 Å². The molecule has 0 saturated carbocycles. The molecule has 0 fully saturated rings. The quantitative estimate of drug-likeness (QED) is 0.384. The molecule has 1 aliphatic heterocycles. The molecule has 0 spiro atoms. The van der Waals surface area contributed by atoms with Crippen LogP contribution in [0, 0.1) is 6.92 Å². The number of hydrogen-bond donors (Lipinski definition) is 2. The molecular formula is C24H25BrClN3O3. The molecule has 1 amide bonds. The fourth-order valence-electron chi connectivity index (χ4n) is 4.03. The summed E-state index contributed by atoms with van der Waals surface area (Å²) in [6.07, 6.45) is 0.857. The highest BCUT2D eigenvalue weighted by molar-refractivity contribution is 9.10. The van der Waals surface area contributed by atoms with Gasteiger partial charge in [-0.25, -0.2) is 0 Å². The van der Waals surface area contributed by atoms with Crippen LogP contribution in [0.5, 0.6) is 5.75 Å². The number of nitrogens with zero attached hydrogens (tertiary/aromatic N) is 2. The summed E-state index contributed by atoms with van der Waals surface area (Å²) in [7, 11) is 0. The molecule has 4 rings (SSSR count). The van der Waals surface area contributed by atoms with Gasteiger partial charge in [0.15, 0.2) is 0 Å². The van der Waals surface area contributed by atoms with Gasteiger partial charge in [0, 0.05) is 33.8 Å². The molecule has 0 aliphatic carbocycles. The third kappa shape index (κ3) is 4.29. The Labute approximate surface area is 200 Å². The number of aromatic hydroxyl groups is 1. The van der Waals surface area contributed by atoms with Crippen LogP contribution in [0.15, 0.2) is 40.9 Å². The van der Waals surface area contributed by atoms with Gasteiger partial charge in [0.1, 0.15) is 17.1 Å². The van der Waals surface area contributed by atoms with E-state index < -0.39 is 0 Å². The second-order valence-electron chi connectivity index (χ2n) is 8.21. The lowest BCUT2D eigenvalue weighted by molar-refractivity contribution is 0.0601. The van der Waals surface area contributed by atoms with E-state index in [9.17, 15) is 9.90 Å². The topological polar surface area (TPSA) is 78.5 Å². The van der Waals surface area contributed by atoms with E-state index in [0.29, 0.717) is 41.5 Å². The van der Waals surface area contributed by atoms with Crippen molar-refractivity contribution in [3.8, 4) is 17.0 Å². The zero-order chi connectivity index (χ0) is 23.0. The number of aromatic amines is 1. The van der Waals surface area contributed by atoms with E-state index in [1.807, 2.05) is 49.9 Å². The zero-order valence-corrected chi connectivity index (χ0v) is 20.5. The minimum atomic E-state index is -0.335. The van der Waals surface area contributed by atoms with Crippen molar-refractivity contribution in [1.82, 2.24) is 15.1 Å². The minimum Gasteiger partial charge on any atom is -0.507 e. The molecule has 1 aromatic heterocycles. The number of hydrogen-bond acceptors (Lipinski definition) is 4. The number of halogens is 2. The standard InChI is InChI=1S/C24H25BrClN3O3/c1-13(2)32-10-4-9-29-23(15-5-7-16(25)8-6-15)20-21(27-28-22(20)24(29)31)17-12-18(26)14(3)11-19(17)30/h5-8,11-13,23,30H,4,9-10H2,1-3H3,(H,27,28). The van der Waals surface area contributed by atoms with Crippen molar-refractivity contribution in [3.63, 3.8) is 0 Å². The Morgan fingerprint density at radius 2 is 2.00 bits per heavy atom. The average Bonchev–Trinajstić information content (AvgIpc) is 3.28. The van der Waals surface area contributed by atoms with E-state index >= 15 is 0 Å². The van der Waals surface area contributed by atoms with Crippen molar-refractivity contribution < 1.29 is 14.6 Å². The molecule has 0 radical (unpaired) electrons. The summed E-state index contributed by atoms with van der Waals surface area (Å²) >= 11 is 9.83. The SMILES string of the molecule is Cc1cc(O)c(-c2n[nH]c3c2C(c2ccc(Br)cc2)N(CCCOC(C)C)C3=O)cc1Cl. The zero-order valence-electron chi connectivity index (χ0n) is 18.2. The molecule has 1 atom stereocenters. The van der Waals surface area contributed by atoms with Crippen molar-refractivity contribution >= 4 is 33.4 Å². The van der Waals surface area contributed by atoms with Crippen LogP contribution in [0.1, 0.15) is 53.5 Å². The molecule has 0 bridgehead atoms. The predicted octanol–water partition coefficient (Wildman–Crippen LogP) is 5.87. The van der Waals surface area contributed by atoms with Crippen molar-refractivity contribution in [2.75, 3.05) is 13.2 Å². The van der Waals surface area contributed by atoms with Crippen LogP contribution in [-0.2, 0) is 4.74 Å². The Balaban J connectivity index is 1.78. The monoisotopic (exact) mass is 517 g/mol. The highest BCUT2D eigenvalue weighted by Gasteiger charge is 2.42. The van der Waals surface area contributed by atoms with Crippen LogP contribution in [0.3, 0.4) is 0 Å². The number of rotatable bonds is 7. The van der Waals surface area contributed by atoms with Crippen molar-refractivity contribution in [2.45, 2.75) is 39.3 Å². The summed E-state index contributed by atoms with van der Waals surface area (Å²) < 4.78 is 6.63. The summed E-state index contributed by atoms with van der Waals surface area (Å²) in [6.45, 7) is 6.92. The molecule has 0 saturated heterocycles. The minimum absolute atomic E-state index is 0.0759. The van der Waals surface area contributed by atoms with Gasteiger partial charge >= 0.3 is 0 Å². The van der Waals surface area contributed by atoms with Crippen LogP contribution in [-0.4, -0.2) is 45.4 Å². The Kier molecular flexibility index (Phi) is 6.60. The van der Waals surface area contributed by atoms with E-state index in [4.69, 9.17) is 16.3 Å². The first-order valence-corrected chi connectivity index (χ1v) is 11.7. The van der Waals surface area contributed by atoms with Gasteiger partial charge in [-0.3, -0.25) is 9.89 Å². The molecule has 2 heterocycles. The third-order valence-corrected chi connectivity index (χ3v) is 6.51. The van der Waals surface area contributed by atoms with E-state index in [-0.39, 0.29) is 23.8 Å². The van der Waals surface area contributed by atoms with E-state index in [1.54, 1.807) is 12.1 Å². The Morgan fingerprint density at radius 3 is 2.69 bits per heavy atom. The lowest BCUT2D eigenvalue weighted by atomic mass is 9.95. The summed E-state index contributed by atoms with van der Waals surface area (Å²) in [5, 5.41) is 18.5. The van der Waals surface area contributed by atoms with Crippen molar-refractivity contribution in [3.05, 3.63) is 68.3 Å². The largest absolute Gasteiger partial charge is 0.507 e. The number of phenols is 1. The highest BCUT2D eigenvalue weighted by Crippen LogP contribution is 2.45.